The van der Waals surface area contributed by atoms with Gasteiger partial charge in [0.05, 0.1) is 23.8 Å². The minimum atomic E-state index is -3.86. The van der Waals surface area contributed by atoms with Gasteiger partial charge in [0.15, 0.2) is 21.5 Å². The van der Waals surface area contributed by atoms with Crippen LogP contribution in [0, 0.1) is 0 Å². The van der Waals surface area contributed by atoms with Gasteiger partial charge < -0.3 is 14.6 Å². The largest absolute Gasteiger partial charge is 0.494 e. The van der Waals surface area contributed by atoms with E-state index in [-0.39, 0.29) is 36.9 Å². The van der Waals surface area contributed by atoms with E-state index in [2.05, 4.69) is 20.9 Å². The van der Waals surface area contributed by atoms with Gasteiger partial charge in [-0.3, -0.25) is 10.2 Å². The van der Waals surface area contributed by atoms with Gasteiger partial charge in [-0.05, 0) is 64.7 Å². The molecular weight excluding hydrogens is 668 g/mol. The highest BCUT2D eigenvalue weighted by atomic mass is 35.5. The summed E-state index contributed by atoms with van der Waals surface area (Å²) in [5, 5.41) is 13.3. The zero-order valence-corrected chi connectivity index (χ0v) is 28.0. The van der Waals surface area contributed by atoms with Crippen molar-refractivity contribution in [3.05, 3.63) is 141 Å². The van der Waals surface area contributed by atoms with Crippen molar-refractivity contribution in [2.24, 2.45) is 10.1 Å². The fourth-order valence-corrected chi connectivity index (χ4v) is 6.98. The second-order valence-electron chi connectivity index (χ2n) is 11.2. The Hall–Kier alpha value is -4.91. The Bertz CT molecular complexity index is 1940. The lowest BCUT2D eigenvalue weighted by atomic mass is 9.83. The topological polar surface area (TPSA) is 175 Å². The number of benzene rings is 4. The lowest BCUT2D eigenvalue weighted by Gasteiger charge is -2.31. The monoisotopic (exact) mass is 702 g/mol. The number of ether oxygens (including phenoxy) is 2. The molecule has 0 spiro atoms. The van der Waals surface area contributed by atoms with E-state index < -0.39 is 33.1 Å². The molecule has 0 saturated heterocycles. The molecule has 1 aliphatic heterocycles. The van der Waals surface area contributed by atoms with Crippen LogP contribution in [0.15, 0.2) is 118 Å². The van der Waals surface area contributed by atoms with Crippen LogP contribution in [0.5, 0.6) is 5.75 Å². The molecule has 0 radical (unpaired) electrons. The number of carbonyl (C=O) groups excluding carboxylic acids is 1. The first-order valence-electron chi connectivity index (χ1n) is 15.5. The number of hydrazine groups is 1. The number of hydrogen-bond donors (Lipinski definition) is 3. The van der Waals surface area contributed by atoms with Crippen molar-refractivity contribution in [1.82, 2.24) is 10.9 Å². The molecule has 1 aliphatic rings. The number of amides is 1. The number of nitrogens with zero attached hydrogens (tertiary/aromatic N) is 4. The van der Waals surface area contributed by atoms with Gasteiger partial charge in [0.1, 0.15) is 5.75 Å². The molecule has 0 bridgehead atoms. The molecule has 0 saturated carbocycles. The van der Waals surface area contributed by atoms with Crippen LogP contribution in [0.3, 0.4) is 0 Å². The normalized spacial score (nSPS) is 17.0. The van der Waals surface area contributed by atoms with Gasteiger partial charge in [0, 0.05) is 41.5 Å². The van der Waals surface area contributed by atoms with Crippen molar-refractivity contribution in [3.8, 4) is 5.75 Å². The molecule has 254 valence electrons. The highest BCUT2D eigenvalue weighted by Crippen LogP contribution is 2.44. The summed E-state index contributed by atoms with van der Waals surface area (Å²) >= 11 is 6.33. The highest BCUT2D eigenvalue weighted by Gasteiger charge is 2.54. The van der Waals surface area contributed by atoms with Gasteiger partial charge in [0.25, 0.3) is 5.91 Å². The number of rotatable bonds is 16. The summed E-state index contributed by atoms with van der Waals surface area (Å²) in [6.07, 6.45) is -0.889. The van der Waals surface area contributed by atoms with Crippen molar-refractivity contribution in [3.63, 3.8) is 0 Å². The lowest BCUT2D eigenvalue weighted by Crippen LogP contribution is -2.53. The van der Waals surface area contributed by atoms with Crippen molar-refractivity contribution in [2.75, 3.05) is 19.0 Å². The third kappa shape index (κ3) is 8.58. The Balaban J connectivity index is 1.57. The molecule has 0 aliphatic carbocycles. The molecule has 14 heteroatoms. The maximum absolute atomic E-state index is 14.5. The zero-order valence-electron chi connectivity index (χ0n) is 26.4. The number of halogens is 1. The molecule has 49 heavy (non-hydrogen) atoms. The van der Waals surface area contributed by atoms with Crippen LogP contribution in [0.25, 0.3) is 10.4 Å². The van der Waals surface area contributed by atoms with Crippen LogP contribution in [0.1, 0.15) is 41.2 Å². The number of aliphatic hydroxyl groups is 1. The summed E-state index contributed by atoms with van der Waals surface area (Å²) in [7, 11) is -3.86. The average molecular weight is 703 g/mol. The maximum atomic E-state index is 14.5. The average Bonchev–Trinajstić information content (AvgIpc) is 3.52. The van der Waals surface area contributed by atoms with E-state index in [1.807, 2.05) is 12.1 Å². The zero-order chi connectivity index (χ0) is 34.7. The van der Waals surface area contributed by atoms with Gasteiger partial charge in [-0.1, -0.05) is 77.4 Å². The van der Waals surface area contributed by atoms with E-state index in [0.29, 0.717) is 40.5 Å². The predicted octanol–water partition coefficient (Wildman–Crippen LogP) is 5.85. The summed E-state index contributed by atoms with van der Waals surface area (Å²) in [5.41, 5.74) is 15.3. The summed E-state index contributed by atoms with van der Waals surface area (Å²) in [5.74, 6) is -0.384. The number of hydrogen-bond acceptors (Lipinski definition) is 9. The van der Waals surface area contributed by atoms with Crippen molar-refractivity contribution >= 4 is 33.2 Å². The van der Waals surface area contributed by atoms with E-state index in [9.17, 15) is 13.2 Å². The predicted molar refractivity (Wildman–Crippen MR) is 186 cm³/mol. The highest BCUT2D eigenvalue weighted by molar-refractivity contribution is 7.91. The third-order valence-corrected chi connectivity index (χ3v) is 10.1. The first-order chi connectivity index (χ1) is 23.8. The fourth-order valence-electron chi connectivity index (χ4n) is 5.39. The first kappa shape index (κ1) is 35.4. The molecule has 3 N–H and O–H groups in total. The van der Waals surface area contributed by atoms with E-state index in [1.165, 1.54) is 12.1 Å². The molecule has 2 atom stereocenters. The van der Waals surface area contributed by atoms with Crippen molar-refractivity contribution < 1.29 is 27.8 Å². The van der Waals surface area contributed by atoms with Crippen LogP contribution < -0.4 is 15.6 Å². The molecule has 0 aromatic heterocycles. The standard InChI is InChI=1S/C35H35ClN6O6S/c36-31-14-7-5-10-27(31)24-38-41-34(44)35(19-22-49(45,46)29-11-2-1-3-12-29)32(30-13-6-4-9-26(30)23-39-42-37)48-33(40-35)25-15-17-28(18-16-25)47-21-8-20-43/h1-7,9-18,32,38,43H,8,19-24H2,(H,41,44)/t32-,35-/m0/s1. The molecule has 0 unspecified atom stereocenters. The molecule has 4 aromatic rings. The Morgan fingerprint density at radius 2 is 1.69 bits per heavy atom. The van der Waals surface area contributed by atoms with Gasteiger partial charge in [-0.15, -0.1) is 0 Å². The maximum Gasteiger partial charge on any atom is 0.266 e. The SMILES string of the molecule is [N-]=[N+]=NCc1ccccc1[C@@H]1OC(c2ccc(OCCCO)cc2)=N[C@]1(CCS(=O)(=O)c1ccccc1)C(=O)NNCc1ccccc1Cl. The van der Waals surface area contributed by atoms with E-state index in [1.54, 1.807) is 78.9 Å². The van der Waals surface area contributed by atoms with Gasteiger partial charge in [-0.25, -0.2) is 18.8 Å². The summed E-state index contributed by atoms with van der Waals surface area (Å²) in [6, 6.07) is 29.1. The quantitative estimate of drug-likeness (QED) is 0.0431. The minimum Gasteiger partial charge on any atom is -0.494 e. The Morgan fingerprint density at radius 1 is 1.00 bits per heavy atom. The Labute approximate surface area is 289 Å². The smallest absolute Gasteiger partial charge is 0.266 e. The molecule has 1 heterocycles. The number of carbonyl (C=O) groups is 1. The fraction of sp³-hybridized carbons (Fsp3) is 0.257. The lowest BCUT2D eigenvalue weighted by molar-refractivity contribution is -0.130. The summed E-state index contributed by atoms with van der Waals surface area (Å²) in [6.45, 7) is 0.476. The van der Waals surface area contributed by atoms with E-state index in [4.69, 9.17) is 36.7 Å². The summed E-state index contributed by atoms with van der Waals surface area (Å²) < 4.78 is 39.4. The second-order valence-corrected chi connectivity index (χ2v) is 13.7. The van der Waals surface area contributed by atoms with Crippen LogP contribution in [-0.2, 0) is 32.5 Å². The van der Waals surface area contributed by atoms with E-state index in [0.717, 1.165) is 5.56 Å². The van der Waals surface area contributed by atoms with Gasteiger partial charge in [0.2, 0.25) is 5.90 Å². The molecule has 12 nitrogen and oxygen atoms in total. The van der Waals surface area contributed by atoms with Crippen LogP contribution >= 0.6 is 11.6 Å². The number of azide groups is 1. The van der Waals surface area contributed by atoms with Crippen molar-refractivity contribution in [2.45, 2.75) is 42.5 Å². The number of aliphatic imine (C=N–C) groups is 1. The van der Waals surface area contributed by atoms with Crippen LogP contribution in [-0.4, -0.2) is 49.8 Å². The second kappa shape index (κ2) is 16.5. The van der Waals surface area contributed by atoms with Crippen LogP contribution in [0.2, 0.25) is 5.02 Å². The van der Waals surface area contributed by atoms with Crippen LogP contribution in [0.4, 0.5) is 0 Å². The molecule has 5 rings (SSSR count). The number of nitrogens with one attached hydrogen (secondary N) is 2. The molecule has 1 amide bonds. The van der Waals surface area contributed by atoms with Gasteiger partial charge in [-0.2, -0.15) is 0 Å². The van der Waals surface area contributed by atoms with Crippen molar-refractivity contribution in [1.29, 1.82) is 0 Å². The number of aliphatic hydroxyl groups excluding tert-OH is 1. The third-order valence-electron chi connectivity index (χ3n) is 7.96. The molecular formula is C35H35ClN6O6S. The minimum absolute atomic E-state index is 0.00263. The van der Waals surface area contributed by atoms with Gasteiger partial charge >= 0.3 is 0 Å². The Kier molecular flexibility index (Phi) is 11.9. The summed E-state index contributed by atoms with van der Waals surface area (Å²) in [4.78, 5) is 22.4. The van der Waals surface area contributed by atoms with E-state index >= 15 is 0 Å². The molecule has 4 aromatic carbocycles. The number of sulfone groups is 1. The molecule has 0 fully saturated rings. The first-order valence-corrected chi connectivity index (χ1v) is 17.5. The Morgan fingerprint density at radius 3 is 2.41 bits per heavy atom.